The molecular formula is C19H20FNO5. The number of carboxylic acid groups (broad SMARTS) is 1. The highest BCUT2D eigenvalue weighted by Crippen LogP contribution is 2.29. The number of hydrogen-bond acceptors (Lipinski definition) is 4. The first kappa shape index (κ1) is 18.0. The number of ether oxygens (including phenoxy) is 1. The monoisotopic (exact) mass is 361 g/mol. The molecule has 1 aliphatic carbocycles. The summed E-state index contributed by atoms with van der Waals surface area (Å²) in [6.07, 6.45) is 1.75. The van der Waals surface area contributed by atoms with E-state index in [1.165, 1.54) is 24.3 Å². The van der Waals surface area contributed by atoms with Crippen LogP contribution in [0, 0.1) is 11.7 Å². The maximum atomic E-state index is 12.9. The molecule has 1 atom stereocenters. The molecule has 0 bridgehead atoms. The molecule has 1 saturated carbocycles. The van der Waals surface area contributed by atoms with Gasteiger partial charge in [-0.2, -0.15) is 0 Å². The quantitative estimate of drug-likeness (QED) is 0.780. The Bertz CT molecular complexity index is 781. The van der Waals surface area contributed by atoms with Crippen LogP contribution in [-0.2, 0) is 11.4 Å². The molecule has 1 unspecified atom stereocenters. The first-order valence-corrected chi connectivity index (χ1v) is 8.45. The lowest BCUT2D eigenvalue weighted by Crippen LogP contribution is -2.38. The lowest BCUT2D eigenvalue weighted by molar-refractivity contribution is -0.141. The Morgan fingerprint density at radius 2 is 1.96 bits per heavy atom. The van der Waals surface area contributed by atoms with Gasteiger partial charge < -0.3 is 19.2 Å². The summed E-state index contributed by atoms with van der Waals surface area (Å²) < 4.78 is 23.9. The number of benzene rings is 1. The van der Waals surface area contributed by atoms with Gasteiger partial charge in [0.05, 0.1) is 5.92 Å². The van der Waals surface area contributed by atoms with E-state index >= 15 is 0 Å². The number of halogens is 1. The molecule has 0 saturated heterocycles. The maximum absolute atomic E-state index is 12.9. The number of carbonyl (C=O) groups is 2. The van der Waals surface area contributed by atoms with Gasteiger partial charge in [-0.25, -0.2) is 4.39 Å². The minimum absolute atomic E-state index is 0.0771. The van der Waals surface area contributed by atoms with Crippen LogP contribution in [0.25, 0.3) is 0 Å². The van der Waals surface area contributed by atoms with Gasteiger partial charge in [-0.1, -0.05) is 6.92 Å². The molecule has 3 rings (SSSR count). The molecule has 2 aromatic rings. The van der Waals surface area contributed by atoms with Gasteiger partial charge >= 0.3 is 5.97 Å². The smallest absolute Gasteiger partial charge is 0.308 e. The van der Waals surface area contributed by atoms with E-state index in [1.54, 1.807) is 24.0 Å². The predicted molar refractivity (Wildman–Crippen MR) is 90.3 cm³/mol. The minimum atomic E-state index is -0.934. The van der Waals surface area contributed by atoms with Crippen LogP contribution in [0.15, 0.2) is 40.8 Å². The zero-order valence-corrected chi connectivity index (χ0v) is 14.4. The van der Waals surface area contributed by atoms with Crippen molar-refractivity contribution < 1.29 is 28.2 Å². The second-order valence-corrected chi connectivity index (χ2v) is 6.44. The molecule has 1 N–H and O–H groups in total. The standard InChI is InChI=1S/C19H20FNO5/c1-12(19(23)24)10-21(14-4-5-14)18(22)17-9-8-16(26-17)11-25-15-6-2-13(20)3-7-15/h2-3,6-9,12,14H,4-5,10-11H2,1H3,(H,23,24). The Kier molecular flexibility index (Phi) is 5.25. The number of carboxylic acids is 1. The van der Waals surface area contributed by atoms with E-state index in [4.69, 9.17) is 14.3 Å². The lowest BCUT2D eigenvalue weighted by Gasteiger charge is -2.23. The summed E-state index contributed by atoms with van der Waals surface area (Å²) in [6.45, 7) is 1.84. The third-order valence-corrected chi connectivity index (χ3v) is 4.21. The van der Waals surface area contributed by atoms with Crippen LogP contribution >= 0.6 is 0 Å². The maximum Gasteiger partial charge on any atom is 0.308 e. The zero-order valence-electron chi connectivity index (χ0n) is 14.4. The van der Waals surface area contributed by atoms with E-state index in [9.17, 15) is 14.0 Å². The fourth-order valence-electron chi connectivity index (χ4n) is 2.55. The number of furan rings is 1. The molecule has 6 nitrogen and oxygen atoms in total. The lowest BCUT2D eigenvalue weighted by atomic mass is 10.1. The second-order valence-electron chi connectivity index (χ2n) is 6.44. The van der Waals surface area contributed by atoms with Crippen LogP contribution in [0.2, 0.25) is 0 Å². The van der Waals surface area contributed by atoms with Gasteiger partial charge in [-0.3, -0.25) is 9.59 Å². The van der Waals surface area contributed by atoms with Crippen molar-refractivity contribution in [3.63, 3.8) is 0 Å². The fourth-order valence-corrected chi connectivity index (χ4v) is 2.55. The summed E-state index contributed by atoms with van der Waals surface area (Å²) in [5.41, 5.74) is 0. The number of amides is 1. The van der Waals surface area contributed by atoms with Gasteiger partial charge in [-0.05, 0) is 49.2 Å². The van der Waals surface area contributed by atoms with Gasteiger partial charge in [0.2, 0.25) is 0 Å². The van der Waals surface area contributed by atoms with Crippen LogP contribution in [0.4, 0.5) is 4.39 Å². The highest BCUT2D eigenvalue weighted by molar-refractivity contribution is 5.92. The van der Waals surface area contributed by atoms with Crippen LogP contribution in [-0.4, -0.2) is 34.5 Å². The summed E-state index contributed by atoms with van der Waals surface area (Å²) in [5.74, 6) is -1.13. The van der Waals surface area contributed by atoms with E-state index < -0.39 is 11.9 Å². The highest BCUT2D eigenvalue weighted by atomic mass is 19.1. The number of nitrogens with zero attached hydrogens (tertiary/aromatic N) is 1. The van der Waals surface area contributed by atoms with Gasteiger partial charge in [0.1, 0.15) is 23.9 Å². The normalized spacial score (nSPS) is 14.7. The van der Waals surface area contributed by atoms with E-state index in [0.717, 1.165) is 12.8 Å². The molecule has 7 heteroatoms. The second kappa shape index (κ2) is 7.59. The molecule has 1 aromatic carbocycles. The van der Waals surface area contributed by atoms with Crippen molar-refractivity contribution in [3.05, 3.63) is 53.7 Å². The third-order valence-electron chi connectivity index (χ3n) is 4.21. The van der Waals surface area contributed by atoms with E-state index in [-0.39, 0.29) is 36.7 Å². The van der Waals surface area contributed by atoms with Crippen molar-refractivity contribution in [1.82, 2.24) is 4.90 Å². The predicted octanol–water partition coefficient (Wildman–Crippen LogP) is 3.32. The summed E-state index contributed by atoms with van der Waals surface area (Å²) in [5, 5.41) is 9.08. The molecule has 1 heterocycles. The first-order chi connectivity index (χ1) is 12.4. The topological polar surface area (TPSA) is 80.0 Å². The summed E-state index contributed by atoms with van der Waals surface area (Å²) in [4.78, 5) is 25.3. The molecule has 1 aliphatic rings. The van der Waals surface area contributed by atoms with E-state index in [1.807, 2.05) is 0 Å². The molecule has 1 fully saturated rings. The molecule has 0 radical (unpaired) electrons. The largest absolute Gasteiger partial charge is 0.486 e. The molecule has 0 spiro atoms. The van der Waals surface area contributed by atoms with Gasteiger partial charge in [-0.15, -0.1) is 0 Å². The Balaban J connectivity index is 1.62. The average molecular weight is 361 g/mol. The molecular weight excluding hydrogens is 341 g/mol. The van der Waals surface area contributed by atoms with Crippen molar-refractivity contribution >= 4 is 11.9 Å². The van der Waals surface area contributed by atoms with Crippen LogP contribution in [0.3, 0.4) is 0 Å². The Labute approximate surface area is 150 Å². The third kappa shape index (κ3) is 4.41. The molecule has 1 aromatic heterocycles. The Morgan fingerprint density at radius 3 is 2.58 bits per heavy atom. The van der Waals surface area contributed by atoms with Crippen molar-refractivity contribution in [2.24, 2.45) is 5.92 Å². The van der Waals surface area contributed by atoms with Crippen molar-refractivity contribution in [2.75, 3.05) is 6.54 Å². The number of hydrogen-bond donors (Lipinski definition) is 1. The highest BCUT2D eigenvalue weighted by Gasteiger charge is 2.36. The van der Waals surface area contributed by atoms with Crippen LogP contribution < -0.4 is 4.74 Å². The SMILES string of the molecule is CC(CN(C(=O)c1ccc(COc2ccc(F)cc2)o1)C1CC1)C(=O)O. The first-order valence-electron chi connectivity index (χ1n) is 8.45. The van der Waals surface area contributed by atoms with Crippen LogP contribution in [0.1, 0.15) is 36.1 Å². The summed E-state index contributed by atoms with van der Waals surface area (Å²) in [6, 6.07) is 8.88. The van der Waals surface area contributed by atoms with E-state index in [0.29, 0.717) is 11.5 Å². The number of rotatable bonds is 8. The van der Waals surface area contributed by atoms with Gasteiger partial charge in [0.15, 0.2) is 5.76 Å². The van der Waals surface area contributed by atoms with Crippen molar-refractivity contribution in [2.45, 2.75) is 32.4 Å². The Hall–Kier alpha value is -2.83. The van der Waals surface area contributed by atoms with Gasteiger partial charge in [0, 0.05) is 12.6 Å². The molecule has 138 valence electrons. The molecule has 0 aliphatic heterocycles. The molecule has 1 amide bonds. The molecule has 26 heavy (non-hydrogen) atoms. The van der Waals surface area contributed by atoms with Crippen LogP contribution in [0.5, 0.6) is 5.75 Å². The van der Waals surface area contributed by atoms with Crippen molar-refractivity contribution in [3.8, 4) is 5.75 Å². The zero-order chi connectivity index (χ0) is 18.7. The summed E-state index contributed by atoms with van der Waals surface area (Å²) >= 11 is 0. The minimum Gasteiger partial charge on any atom is -0.486 e. The Morgan fingerprint density at radius 1 is 1.27 bits per heavy atom. The van der Waals surface area contributed by atoms with Crippen molar-refractivity contribution in [1.29, 1.82) is 0 Å². The average Bonchev–Trinajstić information content (AvgIpc) is 3.35. The summed E-state index contributed by atoms with van der Waals surface area (Å²) in [7, 11) is 0. The van der Waals surface area contributed by atoms with E-state index in [2.05, 4.69) is 0 Å². The van der Waals surface area contributed by atoms with Gasteiger partial charge in [0.25, 0.3) is 5.91 Å². The number of aliphatic carboxylic acids is 1. The number of carbonyl (C=O) groups excluding carboxylic acids is 1. The fraction of sp³-hybridized carbons (Fsp3) is 0.368.